The molecule has 1 amide bonds. The number of aromatic nitrogens is 1. The highest BCUT2D eigenvalue weighted by Gasteiger charge is 2.15. The fraction of sp³-hybridized carbons (Fsp3) is 0.238. The van der Waals surface area contributed by atoms with Crippen LogP contribution in [-0.4, -0.2) is 25.0 Å². The van der Waals surface area contributed by atoms with Gasteiger partial charge in [-0.05, 0) is 19.1 Å². The summed E-state index contributed by atoms with van der Waals surface area (Å²) in [6.07, 6.45) is 1.97. The number of nitrogens with one attached hydrogen (secondary N) is 1. The average molecular weight is 385 g/mol. The molecule has 1 heterocycles. The molecule has 3 aromatic rings. The van der Waals surface area contributed by atoms with Gasteiger partial charge in [0.2, 0.25) is 5.91 Å². The average Bonchev–Trinajstić information content (AvgIpc) is 3.08. The first kappa shape index (κ1) is 19.5. The van der Waals surface area contributed by atoms with Crippen LogP contribution in [0.15, 0.2) is 47.0 Å². The minimum atomic E-state index is -0.740. The third-order valence-electron chi connectivity index (χ3n) is 4.20. The summed E-state index contributed by atoms with van der Waals surface area (Å²) < 4.78 is 33.7. The van der Waals surface area contributed by atoms with Gasteiger partial charge in [-0.3, -0.25) is 4.79 Å². The maximum absolute atomic E-state index is 14.0. The number of hydrogen-bond donors (Lipinski definition) is 1. The van der Waals surface area contributed by atoms with Crippen molar-refractivity contribution >= 4 is 17.3 Å². The molecule has 3 rings (SSSR count). The van der Waals surface area contributed by atoms with Crippen LogP contribution in [0.4, 0.5) is 20.2 Å². The summed E-state index contributed by atoms with van der Waals surface area (Å²) in [6.45, 7) is 2.00. The van der Waals surface area contributed by atoms with Crippen LogP contribution in [0.5, 0.6) is 0 Å². The lowest BCUT2D eigenvalue weighted by atomic mass is 10.1. The van der Waals surface area contributed by atoms with Crippen molar-refractivity contribution in [1.29, 1.82) is 0 Å². The third-order valence-corrected chi connectivity index (χ3v) is 4.20. The van der Waals surface area contributed by atoms with Gasteiger partial charge in [-0.25, -0.2) is 13.8 Å². The Hall–Kier alpha value is -3.22. The molecule has 0 unspecified atom stereocenters. The monoisotopic (exact) mass is 385 g/mol. The summed E-state index contributed by atoms with van der Waals surface area (Å²) in [4.78, 5) is 17.6. The van der Waals surface area contributed by atoms with Crippen molar-refractivity contribution in [3.05, 3.63) is 65.7 Å². The molecule has 0 spiro atoms. The predicted molar refractivity (Wildman–Crippen MR) is 104 cm³/mol. The lowest BCUT2D eigenvalue weighted by molar-refractivity contribution is -0.116. The van der Waals surface area contributed by atoms with E-state index in [-0.39, 0.29) is 30.1 Å². The standard InChI is InChI=1S/C21H21F2N3O2/c1-13-4-6-14(7-5-13)18-12-24-20(28-18)9-8-19(27)25-15-10-16(22)21(26(2)3)17(23)11-15/h4-7,10-12H,8-9H2,1-3H3,(H,25,27). The first-order valence-electron chi connectivity index (χ1n) is 8.81. The topological polar surface area (TPSA) is 58.4 Å². The van der Waals surface area contributed by atoms with E-state index in [0.29, 0.717) is 11.7 Å². The number of aryl methyl sites for hydroxylation is 2. The molecule has 2 aromatic carbocycles. The number of oxazole rings is 1. The van der Waals surface area contributed by atoms with Crippen LogP contribution in [0.2, 0.25) is 0 Å². The molecule has 146 valence electrons. The third kappa shape index (κ3) is 4.54. The molecular weight excluding hydrogens is 364 g/mol. The molecule has 0 bridgehead atoms. The summed E-state index contributed by atoms with van der Waals surface area (Å²) in [5.41, 5.74) is 1.96. The Morgan fingerprint density at radius 2 is 1.79 bits per heavy atom. The molecule has 0 aliphatic carbocycles. The lowest BCUT2D eigenvalue weighted by Crippen LogP contribution is -2.16. The minimum absolute atomic E-state index is 0.0679. The van der Waals surface area contributed by atoms with Crippen molar-refractivity contribution in [2.45, 2.75) is 19.8 Å². The first-order valence-corrected chi connectivity index (χ1v) is 8.81. The van der Waals surface area contributed by atoms with Crippen LogP contribution in [0.25, 0.3) is 11.3 Å². The molecule has 1 aromatic heterocycles. The van der Waals surface area contributed by atoms with E-state index in [1.165, 1.54) is 4.90 Å². The molecule has 7 heteroatoms. The van der Waals surface area contributed by atoms with Crippen molar-refractivity contribution in [3.63, 3.8) is 0 Å². The zero-order valence-electron chi connectivity index (χ0n) is 15.9. The Balaban J connectivity index is 1.60. The van der Waals surface area contributed by atoms with Gasteiger partial charge in [-0.15, -0.1) is 0 Å². The molecular formula is C21H21F2N3O2. The quantitative estimate of drug-likeness (QED) is 0.676. The Morgan fingerprint density at radius 3 is 2.39 bits per heavy atom. The minimum Gasteiger partial charge on any atom is -0.441 e. The highest BCUT2D eigenvalue weighted by atomic mass is 19.1. The van der Waals surface area contributed by atoms with Gasteiger partial charge < -0.3 is 14.6 Å². The summed E-state index contributed by atoms with van der Waals surface area (Å²) in [5, 5.41) is 2.50. The number of hydrogen-bond acceptors (Lipinski definition) is 4. The Kier molecular flexibility index (Phi) is 5.73. The molecule has 0 saturated carbocycles. The van der Waals surface area contributed by atoms with Gasteiger partial charge >= 0.3 is 0 Å². The van der Waals surface area contributed by atoms with E-state index < -0.39 is 11.6 Å². The van der Waals surface area contributed by atoms with Gasteiger partial charge in [0.25, 0.3) is 0 Å². The zero-order chi connectivity index (χ0) is 20.3. The summed E-state index contributed by atoms with van der Waals surface area (Å²) in [5.74, 6) is -0.817. The lowest BCUT2D eigenvalue weighted by Gasteiger charge is -2.15. The smallest absolute Gasteiger partial charge is 0.224 e. The zero-order valence-corrected chi connectivity index (χ0v) is 15.9. The van der Waals surface area contributed by atoms with Crippen LogP contribution in [0.1, 0.15) is 17.9 Å². The van der Waals surface area contributed by atoms with Crippen molar-refractivity contribution in [1.82, 2.24) is 4.98 Å². The van der Waals surface area contributed by atoms with Crippen molar-refractivity contribution < 1.29 is 18.0 Å². The van der Waals surface area contributed by atoms with Gasteiger partial charge in [0, 0.05) is 38.2 Å². The van der Waals surface area contributed by atoms with E-state index in [0.717, 1.165) is 23.3 Å². The van der Waals surface area contributed by atoms with E-state index in [1.807, 2.05) is 31.2 Å². The molecule has 5 nitrogen and oxygen atoms in total. The number of amides is 1. The summed E-state index contributed by atoms with van der Waals surface area (Å²) in [7, 11) is 3.09. The number of rotatable bonds is 6. The normalized spacial score (nSPS) is 10.8. The molecule has 0 saturated heterocycles. The van der Waals surface area contributed by atoms with Crippen molar-refractivity contribution in [3.8, 4) is 11.3 Å². The molecule has 0 aliphatic heterocycles. The fourth-order valence-electron chi connectivity index (χ4n) is 2.79. The van der Waals surface area contributed by atoms with E-state index >= 15 is 0 Å². The van der Waals surface area contributed by atoms with Gasteiger partial charge in [0.15, 0.2) is 23.3 Å². The SMILES string of the molecule is Cc1ccc(-c2cnc(CCC(=O)Nc3cc(F)c(N(C)C)c(F)c3)o2)cc1. The molecule has 0 aliphatic rings. The molecule has 0 atom stereocenters. The molecule has 0 radical (unpaired) electrons. The maximum Gasteiger partial charge on any atom is 0.224 e. The second-order valence-corrected chi connectivity index (χ2v) is 6.72. The molecule has 28 heavy (non-hydrogen) atoms. The van der Waals surface area contributed by atoms with Crippen LogP contribution >= 0.6 is 0 Å². The van der Waals surface area contributed by atoms with Gasteiger partial charge in [0.05, 0.1) is 6.20 Å². The van der Waals surface area contributed by atoms with Crippen molar-refractivity contribution in [2.24, 2.45) is 0 Å². The molecule has 0 fully saturated rings. The Morgan fingerprint density at radius 1 is 1.14 bits per heavy atom. The predicted octanol–water partition coefficient (Wildman–Crippen LogP) is 4.57. The Labute approximate surface area is 162 Å². The number of nitrogens with zero attached hydrogens (tertiary/aromatic N) is 2. The van der Waals surface area contributed by atoms with Crippen LogP contribution in [0.3, 0.4) is 0 Å². The highest BCUT2D eigenvalue weighted by molar-refractivity contribution is 5.91. The highest BCUT2D eigenvalue weighted by Crippen LogP contribution is 2.26. The number of carbonyl (C=O) groups excluding carboxylic acids is 1. The van der Waals surface area contributed by atoms with Crippen LogP contribution < -0.4 is 10.2 Å². The number of carbonyl (C=O) groups is 1. The molecule has 1 N–H and O–H groups in total. The summed E-state index contributed by atoms with van der Waals surface area (Å²) >= 11 is 0. The van der Waals surface area contributed by atoms with E-state index in [2.05, 4.69) is 10.3 Å². The second kappa shape index (κ2) is 8.21. The number of benzene rings is 2. The van der Waals surface area contributed by atoms with Crippen LogP contribution in [0, 0.1) is 18.6 Å². The Bertz CT molecular complexity index is 959. The number of anilines is 2. The van der Waals surface area contributed by atoms with E-state index in [4.69, 9.17) is 4.42 Å². The van der Waals surface area contributed by atoms with Gasteiger partial charge in [0.1, 0.15) is 5.69 Å². The first-order chi connectivity index (χ1) is 13.3. The largest absolute Gasteiger partial charge is 0.441 e. The summed E-state index contributed by atoms with van der Waals surface area (Å²) in [6, 6.07) is 10.0. The maximum atomic E-state index is 14.0. The van der Waals surface area contributed by atoms with E-state index in [9.17, 15) is 13.6 Å². The second-order valence-electron chi connectivity index (χ2n) is 6.72. The fourth-order valence-corrected chi connectivity index (χ4v) is 2.79. The van der Waals surface area contributed by atoms with Crippen LogP contribution in [-0.2, 0) is 11.2 Å². The van der Waals surface area contributed by atoms with Gasteiger partial charge in [-0.2, -0.15) is 0 Å². The van der Waals surface area contributed by atoms with E-state index in [1.54, 1.807) is 20.3 Å². The number of halogens is 2. The van der Waals surface area contributed by atoms with Crippen molar-refractivity contribution in [2.75, 3.05) is 24.3 Å². The van der Waals surface area contributed by atoms with Gasteiger partial charge in [-0.1, -0.05) is 29.8 Å².